The van der Waals surface area contributed by atoms with Gasteiger partial charge in [-0.3, -0.25) is 4.79 Å². The van der Waals surface area contributed by atoms with Gasteiger partial charge in [0.2, 0.25) is 0 Å². The van der Waals surface area contributed by atoms with Crippen LogP contribution in [-0.4, -0.2) is 17.7 Å². The van der Waals surface area contributed by atoms with E-state index in [1.165, 1.54) is 0 Å². The maximum absolute atomic E-state index is 10.3. The average molecular weight is 273 g/mol. The van der Waals surface area contributed by atoms with E-state index in [1.807, 2.05) is 26.0 Å². The molecule has 0 amide bonds. The third kappa shape index (κ3) is 3.55. The fraction of sp³-hybridized carbons (Fsp3) is 0.364. The number of ether oxygens (including phenoxy) is 1. The molecule has 0 unspecified atom stereocenters. The Morgan fingerprint density at radius 1 is 1.47 bits per heavy atom. The number of hydrogen-bond acceptors (Lipinski definition) is 2. The molecule has 82 valence electrons. The molecule has 1 aromatic rings. The molecule has 0 saturated carbocycles. The zero-order valence-electron chi connectivity index (χ0n) is 8.71. The van der Waals surface area contributed by atoms with Gasteiger partial charge >= 0.3 is 5.97 Å². The summed E-state index contributed by atoms with van der Waals surface area (Å²) in [6, 6.07) is 3.95. The van der Waals surface area contributed by atoms with E-state index in [0.717, 1.165) is 21.3 Å². The van der Waals surface area contributed by atoms with Crippen molar-refractivity contribution in [2.45, 2.75) is 20.3 Å². The lowest BCUT2D eigenvalue weighted by molar-refractivity contribution is -0.137. The van der Waals surface area contributed by atoms with E-state index in [0.29, 0.717) is 0 Å². The second-order valence-corrected chi connectivity index (χ2v) is 4.24. The fourth-order valence-electron chi connectivity index (χ4n) is 1.33. The Kier molecular flexibility index (Phi) is 4.15. The number of halogens is 1. The molecule has 0 aliphatic carbocycles. The molecule has 4 heteroatoms. The van der Waals surface area contributed by atoms with Crippen LogP contribution in [0.3, 0.4) is 0 Å². The molecular weight excluding hydrogens is 260 g/mol. The van der Waals surface area contributed by atoms with E-state index in [9.17, 15) is 4.79 Å². The average Bonchev–Trinajstić information content (AvgIpc) is 2.08. The number of benzene rings is 1. The molecule has 0 saturated heterocycles. The molecule has 1 rings (SSSR count). The molecule has 15 heavy (non-hydrogen) atoms. The maximum atomic E-state index is 10.3. The van der Waals surface area contributed by atoms with Crippen LogP contribution in [0.1, 0.15) is 17.5 Å². The summed E-state index contributed by atoms with van der Waals surface area (Å²) in [5, 5.41) is 8.48. The summed E-state index contributed by atoms with van der Waals surface area (Å²) in [5.74, 6) is -0.127. The molecule has 0 atom stereocenters. The van der Waals surface area contributed by atoms with E-state index < -0.39 is 5.97 Å². The second kappa shape index (κ2) is 5.16. The second-order valence-electron chi connectivity index (χ2n) is 3.38. The van der Waals surface area contributed by atoms with Crippen LogP contribution in [-0.2, 0) is 4.79 Å². The summed E-state index contributed by atoms with van der Waals surface area (Å²) >= 11 is 3.39. The Bertz CT molecular complexity index is 351. The van der Waals surface area contributed by atoms with Crippen molar-refractivity contribution < 1.29 is 14.6 Å². The normalized spacial score (nSPS) is 10.1. The number of carboxylic acids is 1. The third-order valence-electron chi connectivity index (χ3n) is 1.94. The first kappa shape index (κ1) is 12.0. The number of aliphatic carboxylic acids is 1. The van der Waals surface area contributed by atoms with Gasteiger partial charge in [-0.25, -0.2) is 0 Å². The van der Waals surface area contributed by atoms with Gasteiger partial charge in [-0.1, -0.05) is 6.07 Å². The number of carboxylic acid groups (broad SMARTS) is 1. The summed E-state index contributed by atoms with van der Waals surface area (Å²) in [6.45, 7) is 4.13. The first-order valence-electron chi connectivity index (χ1n) is 4.62. The molecule has 1 N–H and O–H groups in total. The standard InChI is InChI=1S/C11H13BrO3/c1-7-5-8(2)11(9(12)6-7)15-4-3-10(13)14/h5-6H,3-4H2,1-2H3,(H,13,14). The molecule has 0 spiro atoms. The van der Waals surface area contributed by atoms with Gasteiger partial charge in [0.05, 0.1) is 17.5 Å². The van der Waals surface area contributed by atoms with Crippen molar-refractivity contribution in [1.29, 1.82) is 0 Å². The monoisotopic (exact) mass is 272 g/mol. The first-order chi connectivity index (χ1) is 7.00. The fourth-order valence-corrected chi connectivity index (χ4v) is 2.11. The third-order valence-corrected chi connectivity index (χ3v) is 2.53. The van der Waals surface area contributed by atoms with Gasteiger partial charge in [0.25, 0.3) is 0 Å². The minimum Gasteiger partial charge on any atom is -0.492 e. The van der Waals surface area contributed by atoms with Crippen LogP contribution in [0.2, 0.25) is 0 Å². The lowest BCUT2D eigenvalue weighted by Gasteiger charge is -2.11. The molecule has 1 aromatic carbocycles. The highest BCUT2D eigenvalue weighted by atomic mass is 79.9. The molecule has 0 fully saturated rings. The van der Waals surface area contributed by atoms with Gasteiger partial charge in [0, 0.05) is 0 Å². The topological polar surface area (TPSA) is 46.5 Å². The summed E-state index contributed by atoms with van der Waals surface area (Å²) in [6.07, 6.45) is 0.0136. The summed E-state index contributed by atoms with van der Waals surface area (Å²) in [5.41, 5.74) is 2.15. The Morgan fingerprint density at radius 2 is 2.13 bits per heavy atom. The number of carbonyl (C=O) groups is 1. The van der Waals surface area contributed by atoms with Crippen LogP contribution in [0.5, 0.6) is 5.75 Å². The van der Waals surface area contributed by atoms with Crippen molar-refractivity contribution in [2.24, 2.45) is 0 Å². The Hall–Kier alpha value is -1.03. The highest BCUT2D eigenvalue weighted by Gasteiger charge is 2.07. The van der Waals surface area contributed by atoms with Gasteiger partial charge in [-0.15, -0.1) is 0 Å². The molecule has 0 aromatic heterocycles. The molecule has 3 nitrogen and oxygen atoms in total. The van der Waals surface area contributed by atoms with Crippen molar-refractivity contribution in [3.8, 4) is 5.75 Å². The van der Waals surface area contributed by atoms with E-state index >= 15 is 0 Å². The highest BCUT2D eigenvalue weighted by Crippen LogP contribution is 2.30. The van der Waals surface area contributed by atoms with Gasteiger partial charge < -0.3 is 9.84 Å². The molecule has 0 bridgehead atoms. The summed E-state index contributed by atoms with van der Waals surface area (Å²) in [4.78, 5) is 10.3. The van der Waals surface area contributed by atoms with Crippen molar-refractivity contribution in [1.82, 2.24) is 0 Å². The van der Waals surface area contributed by atoms with E-state index in [4.69, 9.17) is 9.84 Å². The summed E-state index contributed by atoms with van der Waals surface area (Å²) < 4.78 is 6.27. The van der Waals surface area contributed by atoms with Crippen LogP contribution in [0.25, 0.3) is 0 Å². The minimum absolute atomic E-state index is 0.0136. The number of aryl methyl sites for hydroxylation is 2. The van der Waals surface area contributed by atoms with Crippen LogP contribution < -0.4 is 4.74 Å². The Labute approximate surface area is 97.2 Å². The van der Waals surface area contributed by atoms with Crippen LogP contribution in [0.15, 0.2) is 16.6 Å². The van der Waals surface area contributed by atoms with Crippen molar-refractivity contribution in [3.05, 3.63) is 27.7 Å². The smallest absolute Gasteiger partial charge is 0.306 e. The molecule has 0 aliphatic heterocycles. The Morgan fingerprint density at radius 3 is 2.67 bits per heavy atom. The van der Waals surface area contributed by atoms with Crippen LogP contribution in [0, 0.1) is 13.8 Å². The molecule has 0 radical (unpaired) electrons. The van der Waals surface area contributed by atoms with Crippen molar-refractivity contribution in [3.63, 3.8) is 0 Å². The maximum Gasteiger partial charge on any atom is 0.306 e. The SMILES string of the molecule is Cc1cc(C)c(OCCC(=O)O)c(Br)c1. The van der Waals surface area contributed by atoms with E-state index in [1.54, 1.807) is 0 Å². The van der Waals surface area contributed by atoms with Gasteiger partial charge in [-0.05, 0) is 47.0 Å². The predicted molar refractivity (Wildman–Crippen MR) is 61.4 cm³/mol. The lowest BCUT2D eigenvalue weighted by Crippen LogP contribution is -2.06. The minimum atomic E-state index is -0.851. The number of hydrogen-bond donors (Lipinski definition) is 1. The largest absolute Gasteiger partial charge is 0.492 e. The first-order valence-corrected chi connectivity index (χ1v) is 5.41. The highest BCUT2D eigenvalue weighted by molar-refractivity contribution is 9.10. The van der Waals surface area contributed by atoms with Gasteiger partial charge in [0.1, 0.15) is 5.75 Å². The Balaban J connectivity index is 2.72. The van der Waals surface area contributed by atoms with Crippen molar-refractivity contribution in [2.75, 3.05) is 6.61 Å². The van der Waals surface area contributed by atoms with Gasteiger partial charge in [-0.2, -0.15) is 0 Å². The molecular formula is C11H13BrO3. The van der Waals surface area contributed by atoms with Gasteiger partial charge in [0.15, 0.2) is 0 Å². The zero-order chi connectivity index (χ0) is 11.4. The van der Waals surface area contributed by atoms with E-state index in [2.05, 4.69) is 15.9 Å². The predicted octanol–water partition coefficient (Wildman–Crippen LogP) is 2.92. The summed E-state index contributed by atoms with van der Waals surface area (Å²) in [7, 11) is 0. The molecule has 0 heterocycles. The zero-order valence-corrected chi connectivity index (χ0v) is 10.3. The van der Waals surface area contributed by atoms with E-state index in [-0.39, 0.29) is 13.0 Å². The van der Waals surface area contributed by atoms with Crippen LogP contribution >= 0.6 is 15.9 Å². The lowest BCUT2D eigenvalue weighted by atomic mass is 10.1. The number of rotatable bonds is 4. The van der Waals surface area contributed by atoms with Crippen molar-refractivity contribution >= 4 is 21.9 Å². The molecule has 0 aliphatic rings. The quantitative estimate of drug-likeness (QED) is 0.917. The van der Waals surface area contributed by atoms with Crippen LogP contribution in [0.4, 0.5) is 0 Å².